The summed E-state index contributed by atoms with van der Waals surface area (Å²) >= 11 is 0. The van der Waals surface area contributed by atoms with Gasteiger partial charge in [-0.1, -0.05) is 109 Å². The first kappa shape index (κ1) is 34.0. The summed E-state index contributed by atoms with van der Waals surface area (Å²) in [5.41, 5.74) is 3.33. The molecule has 0 fully saturated rings. The maximum atomic E-state index is 7.23. The molecular weight excluding hydrogens is 616 g/mol. The van der Waals surface area contributed by atoms with Gasteiger partial charge in [-0.3, -0.25) is 0 Å². The summed E-state index contributed by atoms with van der Waals surface area (Å²) in [6.45, 7) is 5.39. The summed E-state index contributed by atoms with van der Waals surface area (Å²) in [6, 6.07) is 40.2. The SMILES string of the molecule is CCOC(OC)c1c(OCc2ccccc2)cc2ccccc2c1Oc1c(C(OC)OCC)c(OCc2ccccc2)cc2ccccc12. The van der Waals surface area contributed by atoms with Gasteiger partial charge < -0.3 is 33.2 Å². The number of hydrogen-bond donors (Lipinski definition) is 0. The van der Waals surface area contributed by atoms with Gasteiger partial charge in [-0.05, 0) is 47.9 Å². The van der Waals surface area contributed by atoms with Crippen LogP contribution in [-0.4, -0.2) is 27.4 Å². The third kappa shape index (κ3) is 7.71. The Hall–Kier alpha value is -4.92. The average molecular weight is 659 g/mol. The van der Waals surface area contributed by atoms with Crippen LogP contribution in [0.5, 0.6) is 23.0 Å². The molecule has 7 nitrogen and oxygen atoms in total. The van der Waals surface area contributed by atoms with Gasteiger partial charge in [0.1, 0.15) is 36.2 Å². The maximum absolute atomic E-state index is 7.23. The molecule has 0 aliphatic carbocycles. The topological polar surface area (TPSA) is 64.6 Å². The lowest BCUT2D eigenvalue weighted by Gasteiger charge is -2.27. The molecule has 2 unspecified atom stereocenters. The van der Waals surface area contributed by atoms with Crippen molar-refractivity contribution in [2.75, 3.05) is 27.4 Å². The van der Waals surface area contributed by atoms with E-state index in [1.54, 1.807) is 14.2 Å². The lowest BCUT2D eigenvalue weighted by molar-refractivity contribution is -0.126. The van der Waals surface area contributed by atoms with E-state index in [1.165, 1.54) is 0 Å². The Bertz CT molecular complexity index is 1820. The monoisotopic (exact) mass is 658 g/mol. The quantitative estimate of drug-likeness (QED) is 0.0959. The van der Waals surface area contributed by atoms with Crippen molar-refractivity contribution in [2.24, 2.45) is 0 Å². The molecule has 0 amide bonds. The van der Waals surface area contributed by atoms with Crippen molar-refractivity contribution in [1.82, 2.24) is 0 Å². The Balaban J connectivity index is 1.59. The molecule has 2 atom stereocenters. The Morgan fingerprint density at radius 3 is 1.27 bits per heavy atom. The number of benzene rings is 6. The molecule has 0 saturated heterocycles. The molecule has 0 heterocycles. The first-order valence-electron chi connectivity index (χ1n) is 16.6. The number of ether oxygens (including phenoxy) is 7. The van der Waals surface area contributed by atoms with Crippen LogP contribution in [0.4, 0.5) is 0 Å². The van der Waals surface area contributed by atoms with E-state index in [-0.39, 0.29) is 0 Å². The smallest absolute Gasteiger partial charge is 0.190 e. The minimum absolute atomic E-state index is 0.348. The second-order valence-electron chi connectivity index (χ2n) is 11.4. The van der Waals surface area contributed by atoms with E-state index in [2.05, 4.69) is 0 Å². The summed E-state index contributed by atoms with van der Waals surface area (Å²) < 4.78 is 44.7. The van der Waals surface area contributed by atoms with Crippen LogP contribution in [0.2, 0.25) is 0 Å². The fourth-order valence-corrected chi connectivity index (χ4v) is 5.93. The van der Waals surface area contributed by atoms with Crippen molar-refractivity contribution in [3.63, 3.8) is 0 Å². The summed E-state index contributed by atoms with van der Waals surface area (Å²) in [5, 5.41) is 3.60. The molecule has 0 bridgehead atoms. The lowest BCUT2D eigenvalue weighted by atomic mass is 10.0. The van der Waals surface area contributed by atoms with Crippen molar-refractivity contribution in [1.29, 1.82) is 0 Å². The predicted molar refractivity (Wildman–Crippen MR) is 192 cm³/mol. The summed E-state index contributed by atoms with van der Waals surface area (Å²) in [5.74, 6) is 2.26. The van der Waals surface area contributed by atoms with E-state index >= 15 is 0 Å². The number of hydrogen-bond acceptors (Lipinski definition) is 7. The van der Waals surface area contributed by atoms with Crippen LogP contribution in [-0.2, 0) is 32.2 Å². The van der Waals surface area contributed by atoms with Crippen LogP contribution in [0.1, 0.15) is 48.7 Å². The molecule has 0 saturated carbocycles. The first-order valence-corrected chi connectivity index (χ1v) is 16.6. The third-order valence-electron chi connectivity index (χ3n) is 8.22. The average Bonchev–Trinajstić information content (AvgIpc) is 3.15. The minimum atomic E-state index is -0.785. The molecule has 6 rings (SSSR count). The highest BCUT2D eigenvalue weighted by Crippen LogP contribution is 2.49. The first-order chi connectivity index (χ1) is 24.1. The molecule has 0 N–H and O–H groups in total. The highest BCUT2D eigenvalue weighted by molar-refractivity contribution is 5.95. The van der Waals surface area contributed by atoms with Crippen LogP contribution in [0.3, 0.4) is 0 Å². The molecule has 6 aromatic rings. The molecule has 0 aliphatic heterocycles. The maximum Gasteiger partial charge on any atom is 0.190 e. The fourth-order valence-electron chi connectivity index (χ4n) is 5.93. The van der Waals surface area contributed by atoms with E-state index in [0.29, 0.717) is 60.6 Å². The Morgan fingerprint density at radius 2 is 0.878 bits per heavy atom. The zero-order valence-electron chi connectivity index (χ0n) is 28.4. The number of fused-ring (bicyclic) bond motifs is 2. The molecule has 0 spiro atoms. The van der Waals surface area contributed by atoms with Gasteiger partial charge in [0.15, 0.2) is 12.6 Å². The second kappa shape index (κ2) is 16.5. The number of rotatable bonds is 16. The van der Waals surface area contributed by atoms with E-state index in [4.69, 9.17) is 33.2 Å². The van der Waals surface area contributed by atoms with Gasteiger partial charge >= 0.3 is 0 Å². The molecular formula is C42H42O7. The van der Waals surface area contributed by atoms with Gasteiger partial charge in [0.2, 0.25) is 0 Å². The van der Waals surface area contributed by atoms with Gasteiger partial charge in [0.05, 0.1) is 11.1 Å². The standard InChI is InChI=1S/C42H42O7/c1-5-45-41(43-3)37-35(47-27-29-17-9-7-10-18-29)25-31-21-13-15-23-33(31)39(37)49-40-34-24-16-14-22-32(34)26-36(38(40)42(44-4)46-6-2)48-28-30-19-11-8-12-20-30/h7-26,41-42H,5-6,27-28H2,1-4H3. The zero-order chi connectivity index (χ0) is 34.0. The largest absolute Gasteiger partial charge is 0.488 e. The zero-order valence-corrected chi connectivity index (χ0v) is 28.4. The van der Waals surface area contributed by atoms with Crippen molar-refractivity contribution < 1.29 is 33.2 Å². The molecule has 252 valence electrons. The van der Waals surface area contributed by atoms with Crippen LogP contribution in [0, 0.1) is 0 Å². The lowest BCUT2D eigenvalue weighted by Crippen LogP contribution is -2.13. The molecule has 0 aromatic heterocycles. The fraction of sp³-hybridized carbons (Fsp3) is 0.238. The van der Waals surface area contributed by atoms with E-state index in [1.807, 2.05) is 135 Å². The van der Waals surface area contributed by atoms with E-state index < -0.39 is 12.6 Å². The third-order valence-corrected chi connectivity index (χ3v) is 8.22. The van der Waals surface area contributed by atoms with Gasteiger partial charge in [0.25, 0.3) is 0 Å². The van der Waals surface area contributed by atoms with Crippen LogP contribution >= 0.6 is 0 Å². The van der Waals surface area contributed by atoms with Crippen LogP contribution in [0.15, 0.2) is 121 Å². The second-order valence-corrected chi connectivity index (χ2v) is 11.4. The van der Waals surface area contributed by atoms with Crippen molar-refractivity contribution >= 4 is 21.5 Å². The molecule has 49 heavy (non-hydrogen) atoms. The van der Waals surface area contributed by atoms with Crippen molar-refractivity contribution in [3.8, 4) is 23.0 Å². The van der Waals surface area contributed by atoms with Gasteiger partial charge in [0, 0.05) is 38.2 Å². The van der Waals surface area contributed by atoms with Crippen LogP contribution < -0.4 is 14.2 Å². The number of methoxy groups -OCH3 is 2. The van der Waals surface area contributed by atoms with Crippen molar-refractivity contribution in [2.45, 2.75) is 39.6 Å². The summed E-state index contributed by atoms with van der Waals surface area (Å²) in [7, 11) is 3.24. The summed E-state index contributed by atoms with van der Waals surface area (Å²) in [6.07, 6.45) is -1.57. The highest BCUT2D eigenvalue weighted by atomic mass is 16.7. The molecule has 0 aliphatic rings. The summed E-state index contributed by atoms with van der Waals surface area (Å²) in [4.78, 5) is 0. The predicted octanol–water partition coefficient (Wildman–Crippen LogP) is 10.3. The molecule has 7 heteroatoms. The minimum Gasteiger partial charge on any atom is -0.488 e. The Morgan fingerprint density at radius 1 is 0.490 bits per heavy atom. The molecule has 6 aromatic carbocycles. The Kier molecular flexibility index (Phi) is 11.4. The van der Waals surface area contributed by atoms with E-state index in [9.17, 15) is 0 Å². The molecule has 0 radical (unpaired) electrons. The van der Waals surface area contributed by atoms with Gasteiger partial charge in [-0.25, -0.2) is 0 Å². The van der Waals surface area contributed by atoms with Crippen LogP contribution in [0.25, 0.3) is 21.5 Å². The van der Waals surface area contributed by atoms with Gasteiger partial charge in [-0.15, -0.1) is 0 Å². The Labute approximate surface area is 287 Å². The van der Waals surface area contributed by atoms with Crippen molar-refractivity contribution in [3.05, 3.63) is 144 Å². The highest BCUT2D eigenvalue weighted by Gasteiger charge is 2.30. The van der Waals surface area contributed by atoms with E-state index in [0.717, 1.165) is 32.7 Å². The van der Waals surface area contributed by atoms with Gasteiger partial charge in [-0.2, -0.15) is 0 Å². The normalized spacial score (nSPS) is 12.6.